The van der Waals surface area contributed by atoms with Gasteiger partial charge in [-0.25, -0.2) is 0 Å². The van der Waals surface area contributed by atoms with Crippen LogP contribution in [0.25, 0.3) is 0 Å². The van der Waals surface area contributed by atoms with Crippen molar-refractivity contribution in [3.05, 3.63) is 0 Å². The first kappa shape index (κ1) is 19200. The van der Waals surface area contributed by atoms with E-state index in [0.29, 0.717) is 0 Å². The van der Waals surface area contributed by atoms with Crippen LogP contribution < -0.4 is 0 Å². The quantitative estimate of drug-likeness (QED) is 0.307. The Bertz CT molecular complexity index is 18.8. The van der Waals surface area contributed by atoms with Gasteiger partial charge in [0.05, 0.1) is 0 Å². The Morgan fingerprint density at radius 2 is 0.190 bits per heavy atom. The number of rotatable bonds is 0. The van der Waals surface area contributed by atoms with Crippen LogP contribution in [0.5, 0.6) is 0 Å². The van der Waals surface area contributed by atoms with Crippen LogP contribution in [0.4, 0.5) is 0 Å². The monoisotopic (exact) mass is 452 g/mol. The first-order valence-corrected chi connectivity index (χ1v) is 0. The maximum Gasteiger partial charge on any atom is 2.00 e. The molecule has 0 saturated heterocycles. The minimum absolute atomic E-state index is 0. The topological polar surface area (TPSA) is 530 Å². The molecule has 0 aliphatic carbocycles. The van der Waals surface area contributed by atoms with Crippen molar-refractivity contribution >= 4 is 16.8 Å². The summed E-state index contributed by atoms with van der Waals surface area (Å²) >= 11 is 0. The van der Waals surface area contributed by atoms with Gasteiger partial charge in [-0.2, -0.15) is 0 Å². The summed E-state index contributed by atoms with van der Waals surface area (Å²) in [6.07, 6.45) is 0. The van der Waals surface area contributed by atoms with Gasteiger partial charge in [-0.1, -0.05) is 0 Å². The first-order valence-electron chi connectivity index (χ1n) is 0. The fourth-order valence-corrected chi connectivity index (χ4v) is 0. The van der Waals surface area contributed by atoms with E-state index in [-0.39, 0.29) is 149 Å². The molecular weight excluding hydrogens is 424 g/mol. The van der Waals surface area contributed by atoms with Crippen molar-refractivity contribution < 1.29 is 132 Å². The summed E-state index contributed by atoms with van der Waals surface area (Å²) in [6, 6.07) is 0. The molecule has 21 heteroatoms. The third-order valence-electron chi connectivity index (χ3n) is 0. The molecule has 0 aliphatic heterocycles. The standard InChI is InChI=1S/2B.15H2O.2O.2Zn/h;;15*1H2;;;;/q;;;;;;;;;;;;;;;;;2*-2;2*+2. The van der Waals surface area contributed by atoms with E-state index in [0.717, 1.165) is 0 Å². The third kappa shape index (κ3) is 14900. The molecule has 0 atom stereocenters. The normalized spacial score (nSPS) is 0. The maximum absolute atomic E-state index is 0. The molecule has 0 unspecified atom stereocenters. The van der Waals surface area contributed by atoms with Gasteiger partial charge in [-0.3, -0.25) is 0 Å². The molecule has 17 nitrogen and oxygen atoms in total. The van der Waals surface area contributed by atoms with Crippen LogP contribution >= 0.6 is 0 Å². The van der Waals surface area contributed by atoms with Crippen LogP contribution in [-0.2, 0) is 49.9 Å². The van der Waals surface area contributed by atoms with E-state index in [2.05, 4.69) is 0 Å². The van der Waals surface area contributed by atoms with E-state index in [9.17, 15) is 0 Å². The number of hydrogen-bond acceptors (Lipinski definition) is 0. The van der Waals surface area contributed by atoms with Crippen LogP contribution in [0.3, 0.4) is 0 Å². The van der Waals surface area contributed by atoms with Gasteiger partial charge in [-0.15, -0.1) is 0 Å². The molecule has 0 aromatic carbocycles. The van der Waals surface area contributed by atoms with Gasteiger partial charge >= 0.3 is 39.0 Å². The van der Waals surface area contributed by atoms with Crippen LogP contribution in [0, 0.1) is 0 Å². The van der Waals surface area contributed by atoms with E-state index < -0.39 is 0 Å². The zero-order chi connectivity index (χ0) is 0. The van der Waals surface area contributed by atoms with Gasteiger partial charge in [0.15, 0.2) is 0 Å². The fourth-order valence-electron chi connectivity index (χ4n) is 0. The number of hydrogen-bond donors (Lipinski definition) is 0. The predicted octanol–water partition coefficient (Wildman–Crippen LogP) is -13.4. The van der Waals surface area contributed by atoms with Crippen molar-refractivity contribution in [2.75, 3.05) is 0 Å². The molecule has 0 spiro atoms. The van der Waals surface area contributed by atoms with Crippen molar-refractivity contribution in [1.29, 1.82) is 0 Å². The summed E-state index contributed by atoms with van der Waals surface area (Å²) in [5.41, 5.74) is 0. The molecule has 0 rings (SSSR count). The molecule has 6 radical (unpaired) electrons. The predicted molar refractivity (Wildman–Crippen MR) is 67.1 cm³/mol. The Hall–Kier alpha value is 0.697. The molecule has 0 heterocycles. The molecule has 0 fully saturated rings. The van der Waals surface area contributed by atoms with E-state index in [1.54, 1.807) is 0 Å². The van der Waals surface area contributed by atoms with E-state index >= 15 is 0 Å². The summed E-state index contributed by atoms with van der Waals surface area (Å²) in [4.78, 5) is 0. The van der Waals surface area contributed by atoms with Crippen LogP contribution in [0.1, 0.15) is 0 Å². The van der Waals surface area contributed by atoms with Gasteiger partial charge in [0.2, 0.25) is 0 Å². The summed E-state index contributed by atoms with van der Waals surface area (Å²) < 4.78 is 0. The summed E-state index contributed by atoms with van der Waals surface area (Å²) in [7, 11) is 0. The first-order chi connectivity index (χ1) is 0. The average molecular weight is 455 g/mol. The van der Waals surface area contributed by atoms with E-state index in [1.165, 1.54) is 0 Å². The Kier molecular flexibility index (Phi) is 15100000. The second kappa shape index (κ2) is 16500. The average Bonchev–Trinajstić information content (AvgIpc) is 0. The van der Waals surface area contributed by atoms with Crippen molar-refractivity contribution in [2.24, 2.45) is 0 Å². The second-order valence-electron chi connectivity index (χ2n) is 0. The summed E-state index contributed by atoms with van der Waals surface area (Å²) in [6.45, 7) is 0. The molecule has 0 saturated carbocycles. The third-order valence-corrected chi connectivity index (χ3v) is 0. The molecule has 0 amide bonds. The van der Waals surface area contributed by atoms with Crippen LogP contribution in [0.15, 0.2) is 0 Å². The minimum atomic E-state index is 0. The van der Waals surface area contributed by atoms with Gasteiger partial charge in [-0.05, 0) is 0 Å². The molecule has 0 aromatic rings. The molecule has 30 N–H and O–H groups in total. The van der Waals surface area contributed by atoms with Crippen LogP contribution in [0.2, 0.25) is 0 Å². The fraction of sp³-hybridized carbons (Fsp3) is 0. The molecule has 0 aromatic heterocycles. The largest absolute Gasteiger partial charge is 2.00 e. The van der Waals surface area contributed by atoms with Crippen molar-refractivity contribution in [3.8, 4) is 0 Å². The van der Waals surface area contributed by atoms with Gasteiger partial charge < -0.3 is 93.1 Å². The zero-order valence-electron chi connectivity index (χ0n) is 10.9. The smallest absolute Gasteiger partial charge is 2.00 e. The summed E-state index contributed by atoms with van der Waals surface area (Å²) in [5.74, 6) is 0. The van der Waals surface area contributed by atoms with Gasteiger partial charge in [0.25, 0.3) is 0 Å². The van der Waals surface area contributed by atoms with Gasteiger partial charge in [0, 0.05) is 16.8 Å². The Morgan fingerprint density at radius 3 is 0.190 bits per heavy atom. The molecule has 21 heavy (non-hydrogen) atoms. The molecule has 0 aliphatic rings. The van der Waals surface area contributed by atoms with E-state index in [1.807, 2.05) is 0 Å². The van der Waals surface area contributed by atoms with Gasteiger partial charge in [0.1, 0.15) is 0 Å². The minimum Gasteiger partial charge on any atom is -2.00 e. The SMILES string of the molecule is O.O.O.O.O.O.O.O.O.O.O.O.O.O.O.[B].[B].[O-2].[O-2].[Zn+2].[Zn+2]. The van der Waals surface area contributed by atoms with Crippen molar-refractivity contribution in [2.45, 2.75) is 0 Å². The zero-order valence-corrected chi connectivity index (χ0v) is 16.8. The molecule has 142 valence electrons. The maximum atomic E-state index is 0. The Balaban J connectivity index is 0. The van der Waals surface area contributed by atoms with Crippen molar-refractivity contribution in [3.63, 3.8) is 0 Å². The Labute approximate surface area is 149 Å². The van der Waals surface area contributed by atoms with E-state index in [4.69, 9.17) is 0 Å². The Morgan fingerprint density at radius 1 is 0.190 bits per heavy atom. The molecule has 0 bridgehead atoms. The summed E-state index contributed by atoms with van der Waals surface area (Å²) in [5, 5.41) is 0. The molecular formula is H30B2O17Zn2. The van der Waals surface area contributed by atoms with Crippen molar-refractivity contribution in [1.82, 2.24) is 0 Å². The van der Waals surface area contributed by atoms with Crippen LogP contribution in [-0.4, -0.2) is 99.0 Å². The second-order valence-corrected chi connectivity index (χ2v) is 0.